The van der Waals surface area contributed by atoms with E-state index in [9.17, 15) is 10.2 Å². The first-order valence-electron chi connectivity index (χ1n) is 19.8. The van der Waals surface area contributed by atoms with Crippen LogP contribution in [0.25, 0.3) is 0 Å². The lowest BCUT2D eigenvalue weighted by Crippen LogP contribution is -2.08. The Bertz CT molecular complexity index is 722. The average Bonchev–Trinajstić information content (AvgIpc) is 3.03. The van der Waals surface area contributed by atoms with Crippen molar-refractivity contribution in [3.05, 3.63) is 16.7 Å². The lowest BCUT2D eigenvalue weighted by Gasteiger charge is -2.23. The minimum absolute atomic E-state index is 0.00944. The maximum atomic E-state index is 11.4. The van der Waals surface area contributed by atoms with Crippen LogP contribution < -0.4 is 4.74 Å². The molecule has 0 saturated carbocycles. The van der Waals surface area contributed by atoms with E-state index in [1.807, 2.05) is 0 Å². The molecular formula is C41H76O3. The van der Waals surface area contributed by atoms with Crippen molar-refractivity contribution in [3.63, 3.8) is 0 Å². The quantitative estimate of drug-likeness (QED) is 0.0625. The molecule has 2 N–H and O–H groups in total. The van der Waals surface area contributed by atoms with Crippen molar-refractivity contribution >= 4 is 0 Å². The van der Waals surface area contributed by atoms with Gasteiger partial charge in [-0.15, -0.1) is 0 Å². The van der Waals surface area contributed by atoms with E-state index in [0.29, 0.717) is 12.4 Å². The van der Waals surface area contributed by atoms with Crippen molar-refractivity contribution in [3.8, 4) is 17.2 Å². The summed E-state index contributed by atoms with van der Waals surface area (Å²) in [6.45, 7) is 9.71. The molecule has 3 nitrogen and oxygen atoms in total. The van der Waals surface area contributed by atoms with Crippen molar-refractivity contribution < 1.29 is 14.9 Å². The highest BCUT2D eigenvalue weighted by atomic mass is 16.5. The maximum Gasteiger partial charge on any atom is 0.201 e. The van der Waals surface area contributed by atoms with Gasteiger partial charge in [-0.05, 0) is 50.5 Å². The Morgan fingerprint density at radius 2 is 0.659 bits per heavy atom. The first-order valence-corrected chi connectivity index (χ1v) is 19.8. The molecular weight excluding hydrogens is 540 g/mol. The average molecular weight is 617 g/mol. The lowest BCUT2D eigenvalue weighted by atomic mass is 9.88. The zero-order valence-corrected chi connectivity index (χ0v) is 30.2. The molecule has 0 aliphatic carbocycles. The number of phenolic OH excluding ortho intramolecular Hbond substituents is 2. The summed E-state index contributed by atoms with van der Waals surface area (Å²) >= 11 is 0. The summed E-state index contributed by atoms with van der Waals surface area (Å²) in [5.74, 6) is 0.716. The Balaban J connectivity index is 3.10. The molecule has 0 aromatic heterocycles. The summed E-state index contributed by atoms with van der Waals surface area (Å²) < 4.78 is 6.40. The van der Waals surface area contributed by atoms with E-state index >= 15 is 0 Å². The van der Waals surface area contributed by atoms with Gasteiger partial charge in [0.1, 0.15) is 0 Å². The fourth-order valence-electron chi connectivity index (χ4n) is 6.68. The first kappa shape index (κ1) is 40.6. The molecule has 1 rings (SSSR count). The van der Waals surface area contributed by atoms with Crippen LogP contribution in [0.4, 0.5) is 0 Å². The molecule has 44 heavy (non-hydrogen) atoms. The third-order valence-electron chi connectivity index (χ3n) is 9.56. The van der Waals surface area contributed by atoms with E-state index in [1.54, 1.807) is 0 Å². The lowest BCUT2D eigenvalue weighted by molar-refractivity contribution is 0.278. The maximum absolute atomic E-state index is 11.4. The standard InChI is InChI=1S/C41H76O3/c1-5-9-13-17-21-24-28-32-36-37(33-29-25-22-18-14-10-6-2)39(42)40(43)41(44-35-31-27-20-16-12-8-4)38(36)34-30-26-23-19-15-11-7-3/h42-43H,5-35H2,1-4H3. The number of ether oxygens (including phenoxy) is 1. The van der Waals surface area contributed by atoms with Crippen LogP contribution in [-0.4, -0.2) is 16.8 Å². The molecule has 3 heteroatoms. The molecule has 0 saturated heterocycles. The van der Waals surface area contributed by atoms with Crippen molar-refractivity contribution in [2.75, 3.05) is 6.61 Å². The number of benzene rings is 1. The van der Waals surface area contributed by atoms with Crippen molar-refractivity contribution in [1.82, 2.24) is 0 Å². The van der Waals surface area contributed by atoms with E-state index in [-0.39, 0.29) is 11.5 Å². The first-order chi connectivity index (χ1) is 21.6. The minimum Gasteiger partial charge on any atom is -0.504 e. The van der Waals surface area contributed by atoms with E-state index < -0.39 is 0 Å². The summed E-state index contributed by atoms with van der Waals surface area (Å²) in [5, 5.41) is 22.8. The zero-order chi connectivity index (χ0) is 32.1. The van der Waals surface area contributed by atoms with Gasteiger partial charge < -0.3 is 14.9 Å². The molecule has 258 valence electrons. The van der Waals surface area contributed by atoms with Gasteiger partial charge in [-0.25, -0.2) is 0 Å². The summed E-state index contributed by atoms with van der Waals surface area (Å²) in [5.41, 5.74) is 3.54. The van der Waals surface area contributed by atoms with Crippen LogP contribution in [-0.2, 0) is 19.3 Å². The number of aromatic hydroxyl groups is 2. The van der Waals surface area contributed by atoms with Gasteiger partial charge in [0.15, 0.2) is 11.5 Å². The van der Waals surface area contributed by atoms with E-state index in [1.165, 1.54) is 159 Å². The number of hydrogen-bond acceptors (Lipinski definition) is 3. The molecule has 0 amide bonds. The van der Waals surface area contributed by atoms with Crippen LogP contribution >= 0.6 is 0 Å². The molecule has 0 aliphatic rings. The van der Waals surface area contributed by atoms with Crippen molar-refractivity contribution in [1.29, 1.82) is 0 Å². The second kappa shape index (κ2) is 29.1. The van der Waals surface area contributed by atoms with Crippen LogP contribution in [0.3, 0.4) is 0 Å². The van der Waals surface area contributed by atoms with Gasteiger partial charge in [0.25, 0.3) is 0 Å². The van der Waals surface area contributed by atoms with Gasteiger partial charge in [0, 0.05) is 11.1 Å². The Kier molecular flexibility index (Phi) is 26.8. The Labute approximate surface area is 275 Å². The second-order valence-corrected chi connectivity index (χ2v) is 13.7. The predicted octanol–water partition coefficient (Wildman–Crippen LogP) is 13.7. The topological polar surface area (TPSA) is 49.7 Å². The molecule has 0 bridgehead atoms. The summed E-state index contributed by atoms with van der Waals surface area (Å²) in [6.07, 6.45) is 36.8. The molecule has 1 aromatic rings. The van der Waals surface area contributed by atoms with E-state index in [2.05, 4.69) is 27.7 Å². The monoisotopic (exact) mass is 617 g/mol. The SMILES string of the molecule is CCCCCCCCCc1c(O)c(O)c(OCCCCCCCC)c(CCCCCCCCC)c1CCCCCCCCC. The molecule has 0 radical (unpaired) electrons. The van der Waals surface area contributed by atoms with Crippen molar-refractivity contribution in [2.45, 2.75) is 220 Å². The fourth-order valence-corrected chi connectivity index (χ4v) is 6.68. The van der Waals surface area contributed by atoms with Crippen LogP contribution in [0.2, 0.25) is 0 Å². The molecule has 0 spiro atoms. The highest BCUT2D eigenvalue weighted by Crippen LogP contribution is 2.46. The van der Waals surface area contributed by atoms with Gasteiger partial charge >= 0.3 is 0 Å². The molecule has 0 atom stereocenters. The van der Waals surface area contributed by atoms with Gasteiger partial charge in [0.2, 0.25) is 5.75 Å². The predicted molar refractivity (Wildman–Crippen MR) is 194 cm³/mol. The Morgan fingerprint density at radius 3 is 1.07 bits per heavy atom. The molecule has 0 fully saturated rings. The number of phenols is 2. The van der Waals surface area contributed by atoms with Gasteiger partial charge in [-0.1, -0.05) is 175 Å². The molecule has 0 unspecified atom stereocenters. The van der Waals surface area contributed by atoms with Crippen LogP contribution in [0.5, 0.6) is 17.2 Å². The molecule has 0 aliphatic heterocycles. The highest BCUT2D eigenvalue weighted by molar-refractivity contribution is 5.62. The van der Waals surface area contributed by atoms with Crippen LogP contribution in [0.15, 0.2) is 0 Å². The van der Waals surface area contributed by atoms with E-state index in [0.717, 1.165) is 50.5 Å². The number of unbranched alkanes of at least 4 members (excludes halogenated alkanes) is 23. The summed E-state index contributed by atoms with van der Waals surface area (Å²) in [7, 11) is 0. The summed E-state index contributed by atoms with van der Waals surface area (Å²) in [4.78, 5) is 0. The second-order valence-electron chi connectivity index (χ2n) is 13.7. The fraction of sp³-hybridized carbons (Fsp3) is 0.854. The highest BCUT2D eigenvalue weighted by Gasteiger charge is 2.24. The Morgan fingerprint density at radius 1 is 0.341 bits per heavy atom. The molecule has 0 heterocycles. The molecule has 1 aromatic carbocycles. The minimum atomic E-state index is 0.00944. The third kappa shape index (κ3) is 18.6. The van der Waals surface area contributed by atoms with Gasteiger partial charge in [-0.2, -0.15) is 0 Å². The smallest absolute Gasteiger partial charge is 0.201 e. The zero-order valence-electron chi connectivity index (χ0n) is 30.2. The Hall–Kier alpha value is -1.38. The van der Waals surface area contributed by atoms with Crippen molar-refractivity contribution in [2.24, 2.45) is 0 Å². The van der Waals surface area contributed by atoms with Crippen LogP contribution in [0, 0.1) is 0 Å². The van der Waals surface area contributed by atoms with Crippen LogP contribution in [0.1, 0.15) is 218 Å². The van der Waals surface area contributed by atoms with E-state index in [4.69, 9.17) is 4.74 Å². The summed E-state index contributed by atoms with van der Waals surface area (Å²) in [6, 6.07) is 0. The number of rotatable bonds is 32. The van der Waals surface area contributed by atoms with Gasteiger partial charge in [0.05, 0.1) is 6.61 Å². The van der Waals surface area contributed by atoms with Gasteiger partial charge in [-0.3, -0.25) is 0 Å². The normalized spacial score (nSPS) is 11.5. The largest absolute Gasteiger partial charge is 0.504 e. The third-order valence-corrected chi connectivity index (χ3v) is 9.56. The number of hydrogen-bond donors (Lipinski definition) is 2.